The minimum absolute atomic E-state index is 0.327. The highest BCUT2D eigenvalue weighted by atomic mass is 16.6. The zero-order chi connectivity index (χ0) is 5.98. The van der Waals surface area contributed by atoms with Crippen molar-refractivity contribution in [3.8, 4) is 0 Å². The van der Waals surface area contributed by atoms with Gasteiger partial charge in [-0.3, -0.25) is 0 Å². The fraction of sp³-hybridized carbons (Fsp3) is 0.667. The lowest BCUT2D eigenvalue weighted by Crippen LogP contribution is -1.98. The third kappa shape index (κ3) is 1.23. The van der Waals surface area contributed by atoms with Crippen LogP contribution in [0.1, 0.15) is 6.92 Å². The molecule has 0 aromatic carbocycles. The molecule has 2 unspecified atom stereocenters. The maximum absolute atomic E-state index is 5.05. The van der Waals surface area contributed by atoms with Crippen molar-refractivity contribution in [3.63, 3.8) is 0 Å². The van der Waals surface area contributed by atoms with E-state index < -0.39 is 0 Å². The van der Waals surface area contributed by atoms with Gasteiger partial charge in [0, 0.05) is 0 Å². The molecule has 0 aliphatic carbocycles. The number of rotatable bonds is 3. The number of ether oxygens (including phenoxy) is 2. The summed E-state index contributed by atoms with van der Waals surface area (Å²) in [6, 6.07) is 0. The first kappa shape index (κ1) is 5.63. The molecule has 1 heterocycles. The first-order valence-corrected chi connectivity index (χ1v) is 2.72. The maximum atomic E-state index is 5.05. The van der Waals surface area contributed by atoms with Gasteiger partial charge in [-0.15, -0.1) is 0 Å². The molecule has 0 aromatic heterocycles. The quantitative estimate of drug-likeness (QED) is 0.402. The standard InChI is InChI=1S/C6H10O2/c1-3-7-4-6-5(2)8-6/h3,5-6H,1,4H2,2H3. The Labute approximate surface area is 49.1 Å². The fourth-order valence-electron chi connectivity index (χ4n) is 0.568. The van der Waals surface area contributed by atoms with E-state index in [1.807, 2.05) is 6.92 Å². The van der Waals surface area contributed by atoms with Gasteiger partial charge in [0.05, 0.1) is 12.4 Å². The second kappa shape index (κ2) is 2.18. The van der Waals surface area contributed by atoms with Crippen LogP contribution in [-0.2, 0) is 9.47 Å². The van der Waals surface area contributed by atoms with Crippen molar-refractivity contribution in [2.24, 2.45) is 0 Å². The van der Waals surface area contributed by atoms with Crippen molar-refractivity contribution in [1.29, 1.82) is 0 Å². The summed E-state index contributed by atoms with van der Waals surface area (Å²) in [6.07, 6.45) is 2.16. The Morgan fingerprint density at radius 1 is 1.88 bits per heavy atom. The normalized spacial score (nSPS) is 34.1. The van der Waals surface area contributed by atoms with Crippen LogP contribution in [0.2, 0.25) is 0 Å². The zero-order valence-corrected chi connectivity index (χ0v) is 4.96. The molecule has 2 heteroatoms. The van der Waals surface area contributed by atoms with Gasteiger partial charge < -0.3 is 9.47 Å². The lowest BCUT2D eigenvalue weighted by atomic mass is 10.4. The van der Waals surface area contributed by atoms with Crippen molar-refractivity contribution in [2.75, 3.05) is 6.61 Å². The highest BCUT2D eigenvalue weighted by molar-refractivity contribution is 4.80. The minimum atomic E-state index is 0.327. The van der Waals surface area contributed by atoms with E-state index in [1.54, 1.807) is 0 Å². The largest absolute Gasteiger partial charge is 0.499 e. The van der Waals surface area contributed by atoms with Crippen LogP contribution in [0.3, 0.4) is 0 Å². The van der Waals surface area contributed by atoms with E-state index in [-0.39, 0.29) is 0 Å². The van der Waals surface area contributed by atoms with E-state index in [0.717, 1.165) is 0 Å². The Kier molecular flexibility index (Phi) is 1.53. The van der Waals surface area contributed by atoms with Crippen LogP contribution in [-0.4, -0.2) is 18.8 Å². The molecule has 0 spiro atoms. The van der Waals surface area contributed by atoms with Crippen molar-refractivity contribution >= 4 is 0 Å². The van der Waals surface area contributed by atoms with Crippen LogP contribution < -0.4 is 0 Å². The highest BCUT2D eigenvalue weighted by Crippen LogP contribution is 2.20. The molecular formula is C6H10O2. The predicted molar refractivity (Wildman–Crippen MR) is 30.5 cm³/mol. The van der Waals surface area contributed by atoms with Crippen LogP contribution in [0.25, 0.3) is 0 Å². The molecule has 0 saturated carbocycles. The van der Waals surface area contributed by atoms with E-state index in [9.17, 15) is 0 Å². The Balaban J connectivity index is 1.97. The van der Waals surface area contributed by atoms with Gasteiger partial charge in [-0.25, -0.2) is 0 Å². The molecule has 1 rings (SSSR count). The summed E-state index contributed by atoms with van der Waals surface area (Å²) in [6.45, 7) is 6.09. The average Bonchev–Trinajstić information content (AvgIpc) is 2.42. The smallest absolute Gasteiger partial charge is 0.118 e. The van der Waals surface area contributed by atoms with Gasteiger partial charge in [-0.1, -0.05) is 6.58 Å². The van der Waals surface area contributed by atoms with Gasteiger partial charge in [0.2, 0.25) is 0 Å². The molecule has 1 aliphatic rings. The summed E-state index contributed by atoms with van der Waals surface area (Å²) in [4.78, 5) is 0. The van der Waals surface area contributed by atoms with Crippen molar-refractivity contribution < 1.29 is 9.47 Å². The average molecular weight is 114 g/mol. The third-order valence-corrected chi connectivity index (χ3v) is 1.21. The lowest BCUT2D eigenvalue weighted by Gasteiger charge is -1.91. The van der Waals surface area contributed by atoms with Crippen LogP contribution >= 0.6 is 0 Å². The number of epoxide rings is 1. The molecule has 0 bridgehead atoms. The molecule has 0 amide bonds. The molecule has 1 fully saturated rings. The first-order valence-electron chi connectivity index (χ1n) is 2.72. The van der Waals surface area contributed by atoms with Crippen LogP contribution in [0, 0.1) is 0 Å². The minimum Gasteiger partial charge on any atom is -0.499 e. The van der Waals surface area contributed by atoms with Crippen LogP contribution in [0.15, 0.2) is 12.8 Å². The Morgan fingerprint density at radius 2 is 2.50 bits per heavy atom. The molecule has 46 valence electrons. The molecular weight excluding hydrogens is 104 g/mol. The molecule has 1 saturated heterocycles. The summed E-state index contributed by atoms with van der Waals surface area (Å²) in [5.74, 6) is 0. The van der Waals surface area contributed by atoms with E-state index in [4.69, 9.17) is 9.47 Å². The first-order chi connectivity index (χ1) is 3.84. The van der Waals surface area contributed by atoms with Gasteiger partial charge in [-0.2, -0.15) is 0 Å². The van der Waals surface area contributed by atoms with Gasteiger partial charge in [0.15, 0.2) is 0 Å². The SMILES string of the molecule is C=COCC1OC1C. The monoisotopic (exact) mass is 114 g/mol. The van der Waals surface area contributed by atoms with Gasteiger partial charge in [-0.05, 0) is 6.92 Å². The zero-order valence-electron chi connectivity index (χ0n) is 4.96. The fourth-order valence-corrected chi connectivity index (χ4v) is 0.568. The van der Waals surface area contributed by atoms with E-state index in [1.165, 1.54) is 6.26 Å². The van der Waals surface area contributed by atoms with Crippen LogP contribution in [0.4, 0.5) is 0 Å². The van der Waals surface area contributed by atoms with Gasteiger partial charge >= 0.3 is 0 Å². The van der Waals surface area contributed by atoms with Crippen molar-refractivity contribution in [2.45, 2.75) is 19.1 Å². The number of hydrogen-bond donors (Lipinski definition) is 0. The molecule has 2 atom stereocenters. The van der Waals surface area contributed by atoms with Crippen molar-refractivity contribution in [3.05, 3.63) is 12.8 Å². The Morgan fingerprint density at radius 3 is 2.88 bits per heavy atom. The molecule has 0 aromatic rings. The second-order valence-corrected chi connectivity index (χ2v) is 1.88. The van der Waals surface area contributed by atoms with E-state index >= 15 is 0 Å². The summed E-state index contributed by atoms with van der Waals surface area (Å²) in [5.41, 5.74) is 0. The molecule has 8 heavy (non-hydrogen) atoms. The third-order valence-electron chi connectivity index (χ3n) is 1.21. The molecule has 1 aliphatic heterocycles. The lowest BCUT2D eigenvalue weighted by molar-refractivity contribution is 0.213. The summed E-state index contributed by atoms with van der Waals surface area (Å²) in [7, 11) is 0. The predicted octanol–water partition coefficient (Wildman–Crippen LogP) is 0.934. The van der Waals surface area contributed by atoms with Gasteiger partial charge in [0.25, 0.3) is 0 Å². The molecule has 0 N–H and O–H groups in total. The van der Waals surface area contributed by atoms with Crippen molar-refractivity contribution in [1.82, 2.24) is 0 Å². The molecule has 0 radical (unpaired) electrons. The summed E-state index contributed by atoms with van der Waals surface area (Å²) >= 11 is 0. The Bertz CT molecular complexity index is 90.5. The molecule has 2 nitrogen and oxygen atoms in total. The van der Waals surface area contributed by atoms with Crippen LogP contribution in [0.5, 0.6) is 0 Å². The highest BCUT2D eigenvalue weighted by Gasteiger charge is 2.34. The van der Waals surface area contributed by atoms with E-state index in [0.29, 0.717) is 18.8 Å². The summed E-state index contributed by atoms with van der Waals surface area (Å²) in [5, 5.41) is 0. The topological polar surface area (TPSA) is 21.8 Å². The summed E-state index contributed by atoms with van der Waals surface area (Å²) < 4.78 is 9.91. The number of hydrogen-bond acceptors (Lipinski definition) is 2. The second-order valence-electron chi connectivity index (χ2n) is 1.88. The van der Waals surface area contributed by atoms with E-state index in [2.05, 4.69) is 6.58 Å². The maximum Gasteiger partial charge on any atom is 0.118 e. The van der Waals surface area contributed by atoms with Gasteiger partial charge in [0.1, 0.15) is 12.7 Å². The Hall–Kier alpha value is -0.500.